The zero-order valence-electron chi connectivity index (χ0n) is 33.2. The van der Waals surface area contributed by atoms with Gasteiger partial charge in [-0.2, -0.15) is 0 Å². The lowest BCUT2D eigenvalue weighted by Crippen LogP contribution is -2.50. The maximum atomic E-state index is 12.3. The molecule has 2 aliphatic heterocycles. The molecule has 13 nitrogen and oxygen atoms in total. The lowest BCUT2D eigenvalue weighted by molar-refractivity contribution is 0.0230. The van der Waals surface area contributed by atoms with E-state index >= 15 is 0 Å². The molecule has 2 aromatic heterocycles. The lowest BCUT2D eigenvalue weighted by Gasteiger charge is -2.36. The minimum Gasteiger partial charge on any atom is -0.444 e. The van der Waals surface area contributed by atoms with Gasteiger partial charge in [0.1, 0.15) is 38.8 Å². The Morgan fingerprint density at radius 2 is 1.00 bits per heavy atom. The maximum Gasteiger partial charge on any atom is 0.410 e. The standard InChI is InChI=1S/C21H28ClN5O2.C19H22BrClN4O2/c1-21(2,3)29-20(28)27-12-10-26(11-13-27)17-14-23-19(25(4)5)18(24-17)15-6-8-16(22)9-7-15;1-19(2,3)27-18(26)25-10-8-24(9-11-25)15-12-22-17(20)16(23-15)13-4-6-14(21)7-5-13/h6-9,14H,10-13H2,1-5H3;4-7,12H,8-11H2,1-3H3. The van der Waals surface area contributed by atoms with Gasteiger partial charge < -0.3 is 34.0 Å². The molecule has 0 N–H and O–H groups in total. The van der Waals surface area contributed by atoms with Gasteiger partial charge in [0, 0.05) is 87.6 Å². The number of rotatable bonds is 5. The number of piperazine rings is 2. The van der Waals surface area contributed by atoms with E-state index < -0.39 is 11.2 Å². The van der Waals surface area contributed by atoms with E-state index in [9.17, 15) is 9.59 Å². The number of benzene rings is 2. The molecule has 2 amide bonds. The first-order chi connectivity index (χ1) is 26.4. The summed E-state index contributed by atoms with van der Waals surface area (Å²) in [5.74, 6) is 2.37. The predicted octanol–water partition coefficient (Wildman–Crippen LogP) is 8.54. The van der Waals surface area contributed by atoms with Crippen LogP contribution in [0.25, 0.3) is 22.5 Å². The average molecular weight is 872 g/mol. The summed E-state index contributed by atoms with van der Waals surface area (Å²) in [6.07, 6.45) is 2.99. The number of halogens is 3. The first-order valence-electron chi connectivity index (χ1n) is 18.4. The SMILES string of the molecule is CC(C)(C)OC(=O)N1CCN(c2cnc(Br)c(-c3ccc(Cl)cc3)n2)CC1.CN(C)c1ncc(N2CCN(C(=O)OC(C)(C)C)CC2)nc1-c1ccc(Cl)cc1. The van der Waals surface area contributed by atoms with Crippen molar-refractivity contribution in [3.63, 3.8) is 0 Å². The highest BCUT2D eigenvalue weighted by Gasteiger charge is 2.28. The van der Waals surface area contributed by atoms with E-state index in [0.717, 1.165) is 40.0 Å². The van der Waals surface area contributed by atoms with Crippen LogP contribution in [0.3, 0.4) is 0 Å². The van der Waals surface area contributed by atoms with Gasteiger partial charge >= 0.3 is 12.2 Å². The lowest BCUT2D eigenvalue weighted by atomic mass is 10.1. The third-order valence-corrected chi connectivity index (χ3v) is 9.71. The summed E-state index contributed by atoms with van der Waals surface area (Å²) in [7, 11) is 3.89. The summed E-state index contributed by atoms with van der Waals surface area (Å²) in [4.78, 5) is 52.9. The highest BCUT2D eigenvalue weighted by Crippen LogP contribution is 2.31. The molecule has 0 saturated carbocycles. The second-order valence-corrected chi connectivity index (χ2v) is 17.2. The maximum absolute atomic E-state index is 12.3. The van der Waals surface area contributed by atoms with Gasteiger partial charge in [-0.25, -0.2) is 29.5 Å². The van der Waals surface area contributed by atoms with Crippen molar-refractivity contribution in [1.29, 1.82) is 0 Å². The number of aromatic nitrogens is 4. The van der Waals surface area contributed by atoms with Gasteiger partial charge in [0.25, 0.3) is 0 Å². The molecule has 2 saturated heterocycles. The Labute approximate surface area is 348 Å². The Kier molecular flexibility index (Phi) is 13.9. The van der Waals surface area contributed by atoms with Crippen molar-refractivity contribution in [2.24, 2.45) is 0 Å². The summed E-state index contributed by atoms with van der Waals surface area (Å²) < 4.78 is 11.6. The summed E-state index contributed by atoms with van der Waals surface area (Å²) >= 11 is 15.5. The summed E-state index contributed by atoms with van der Waals surface area (Å²) in [5.41, 5.74) is 2.49. The van der Waals surface area contributed by atoms with E-state index in [1.165, 1.54) is 0 Å². The van der Waals surface area contributed by atoms with Gasteiger partial charge in [-0.1, -0.05) is 47.5 Å². The molecule has 0 unspecified atom stereocenters. The van der Waals surface area contributed by atoms with Gasteiger partial charge in [0.15, 0.2) is 5.82 Å². The van der Waals surface area contributed by atoms with Crippen LogP contribution in [0.15, 0.2) is 65.5 Å². The van der Waals surface area contributed by atoms with Crippen molar-refractivity contribution in [3.05, 3.63) is 75.6 Å². The molecule has 4 aromatic rings. The second-order valence-electron chi connectivity index (χ2n) is 15.6. The monoisotopic (exact) mass is 869 g/mol. The number of hydrogen-bond acceptors (Lipinski definition) is 11. The highest BCUT2D eigenvalue weighted by atomic mass is 79.9. The first kappa shape index (κ1) is 42.7. The number of nitrogens with zero attached hydrogens (tertiary/aromatic N) is 9. The van der Waals surface area contributed by atoms with Crippen molar-refractivity contribution < 1.29 is 19.1 Å². The van der Waals surface area contributed by atoms with Crippen LogP contribution in [-0.2, 0) is 9.47 Å². The van der Waals surface area contributed by atoms with Crippen LogP contribution in [-0.4, -0.2) is 120 Å². The molecule has 300 valence electrons. The Bertz CT molecular complexity index is 1960. The molecule has 0 aliphatic carbocycles. The zero-order valence-corrected chi connectivity index (χ0v) is 36.3. The van der Waals surface area contributed by atoms with Crippen LogP contribution in [0.2, 0.25) is 10.0 Å². The smallest absolute Gasteiger partial charge is 0.410 e. The molecule has 0 spiro atoms. The van der Waals surface area contributed by atoms with Crippen LogP contribution in [0.4, 0.5) is 27.0 Å². The third-order valence-electron chi connectivity index (χ3n) is 8.63. The normalized spacial score (nSPS) is 14.8. The fourth-order valence-electron chi connectivity index (χ4n) is 5.85. The average Bonchev–Trinajstić information content (AvgIpc) is 3.14. The molecule has 16 heteroatoms. The van der Waals surface area contributed by atoms with Gasteiger partial charge in [-0.15, -0.1) is 0 Å². The van der Waals surface area contributed by atoms with Gasteiger partial charge in [-0.3, -0.25) is 0 Å². The van der Waals surface area contributed by atoms with E-state index in [1.54, 1.807) is 22.2 Å². The topological polar surface area (TPSA) is 120 Å². The third kappa shape index (κ3) is 11.8. The van der Waals surface area contributed by atoms with Crippen LogP contribution in [0.5, 0.6) is 0 Å². The molecule has 0 radical (unpaired) electrons. The molecule has 4 heterocycles. The number of anilines is 3. The van der Waals surface area contributed by atoms with Gasteiger partial charge in [0.2, 0.25) is 0 Å². The molecule has 0 atom stereocenters. The molecular weight excluding hydrogens is 821 g/mol. The molecule has 2 fully saturated rings. The quantitative estimate of drug-likeness (QED) is 0.192. The molecule has 0 bridgehead atoms. The van der Waals surface area contributed by atoms with Crippen LogP contribution in [0.1, 0.15) is 41.5 Å². The number of carbonyl (C=O) groups excluding carboxylic acids is 2. The van der Waals surface area contributed by atoms with Crippen molar-refractivity contribution in [1.82, 2.24) is 29.7 Å². The van der Waals surface area contributed by atoms with Gasteiger partial charge in [0.05, 0.1) is 12.4 Å². The van der Waals surface area contributed by atoms with E-state index in [1.807, 2.05) is 109 Å². The van der Waals surface area contributed by atoms with Crippen molar-refractivity contribution in [3.8, 4) is 22.5 Å². The second kappa shape index (κ2) is 18.2. The summed E-state index contributed by atoms with van der Waals surface area (Å²) in [6, 6.07) is 15.1. The minimum atomic E-state index is -0.491. The minimum absolute atomic E-state index is 0.270. The highest BCUT2D eigenvalue weighted by molar-refractivity contribution is 9.10. The van der Waals surface area contributed by atoms with E-state index in [0.29, 0.717) is 67.0 Å². The molecule has 2 aliphatic rings. The Morgan fingerprint density at radius 1 is 0.625 bits per heavy atom. The molecular formula is C40H50BrCl2N9O4. The first-order valence-corrected chi connectivity index (χ1v) is 20.0. The van der Waals surface area contributed by atoms with Gasteiger partial charge in [-0.05, 0) is 81.7 Å². The van der Waals surface area contributed by atoms with Crippen molar-refractivity contribution in [2.45, 2.75) is 52.7 Å². The Hall–Kier alpha value is -4.40. The summed E-state index contributed by atoms with van der Waals surface area (Å²) in [6.45, 7) is 16.3. The van der Waals surface area contributed by atoms with Crippen LogP contribution in [0, 0.1) is 0 Å². The van der Waals surface area contributed by atoms with E-state index in [2.05, 4.69) is 35.7 Å². The molecule has 2 aromatic carbocycles. The Balaban J connectivity index is 0.000000215. The predicted molar refractivity (Wildman–Crippen MR) is 227 cm³/mol. The Morgan fingerprint density at radius 3 is 1.39 bits per heavy atom. The van der Waals surface area contributed by atoms with E-state index in [-0.39, 0.29) is 12.2 Å². The van der Waals surface area contributed by atoms with E-state index in [4.69, 9.17) is 42.6 Å². The molecule has 56 heavy (non-hydrogen) atoms. The van der Waals surface area contributed by atoms with Crippen molar-refractivity contribution in [2.75, 3.05) is 81.2 Å². The molecule has 6 rings (SSSR count). The number of carbonyl (C=O) groups is 2. The summed E-state index contributed by atoms with van der Waals surface area (Å²) in [5, 5.41) is 1.36. The van der Waals surface area contributed by atoms with Crippen LogP contribution < -0.4 is 14.7 Å². The number of amides is 2. The van der Waals surface area contributed by atoms with Crippen LogP contribution >= 0.6 is 39.1 Å². The number of hydrogen-bond donors (Lipinski definition) is 0. The fourth-order valence-corrected chi connectivity index (χ4v) is 6.52. The zero-order chi connectivity index (χ0) is 40.8. The largest absolute Gasteiger partial charge is 0.444 e. The van der Waals surface area contributed by atoms with Crippen molar-refractivity contribution >= 4 is 68.8 Å². The number of ether oxygens (including phenoxy) is 2. The fraction of sp³-hybridized carbons (Fsp3) is 0.450.